The third-order valence-electron chi connectivity index (χ3n) is 5.84. The van der Waals surface area contributed by atoms with E-state index in [4.69, 9.17) is 4.98 Å². The second-order valence-electron chi connectivity index (χ2n) is 9.28. The first-order valence-electron chi connectivity index (χ1n) is 12.4. The smallest absolute Gasteiger partial charge is 0.274 e. The Bertz CT molecular complexity index is 1340. The minimum absolute atomic E-state index is 0.290. The number of likely N-dealkylation sites (N-methyl/N-ethyl adjacent to an activating group) is 2. The van der Waals surface area contributed by atoms with Crippen molar-refractivity contribution in [2.75, 3.05) is 43.9 Å². The van der Waals surface area contributed by atoms with Gasteiger partial charge in [0.2, 0.25) is 0 Å². The SMILES string of the molecule is CCN(CCN(C)C)c1cc(C(=O)Nc2ccccc2-c2nnc(C(C)C)s2)nc(-c2ccccc2)n1. The lowest BCUT2D eigenvalue weighted by Gasteiger charge is -2.24. The van der Waals surface area contributed by atoms with E-state index < -0.39 is 0 Å². The van der Waals surface area contributed by atoms with E-state index in [1.54, 1.807) is 6.07 Å². The Balaban J connectivity index is 1.69. The van der Waals surface area contributed by atoms with Gasteiger partial charge < -0.3 is 15.1 Å². The van der Waals surface area contributed by atoms with Crippen LogP contribution in [0.3, 0.4) is 0 Å². The van der Waals surface area contributed by atoms with Crippen LogP contribution in [0.15, 0.2) is 60.7 Å². The summed E-state index contributed by atoms with van der Waals surface area (Å²) in [5.74, 6) is 1.23. The average molecular weight is 516 g/mol. The number of nitrogens with one attached hydrogen (secondary N) is 1. The number of nitrogens with zero attached hydrogens (tertiary/aromatic N) is 6. The first-order valence-corrected chi connectivity index (χ1v) is 13.3. The zero-order valence-corrected chi connectivity index (χ0v) is 22.8. The summed E-state index contributed by atoms with van der Waals surface area (Å²) in [6, 6.07) is 19.2. The molecule has 192 valence electrons. The number of rotatable bonds is 10. The fourth-order valence-electron chi connectivity index (χ4n) is 3.73. The number of hydrogen-bond donors (Lipinski definition) is 1. The summed E-state index contributed by atoms with van der Waals surface area (Å²) in [4.78, 5) is 27.3. The lowest BCUT2D eigenvalue weighted by molar-refractivity contribution is 0.102. The number of aromatic nitrogens is 4. The fraction of sp³-hybridized carbons (Fsp3) is 0.321. The molecule has 1 amide bonds. The van der Waals surface area contributed by atoms with Crippen molar-refractivity contribution in [3.05, 3.63) is 71.4 Å². The van der Waals surface area contributed by atoms with E-state index >= 15 is 0 Å². The van der Waals surface area contributed by atoms with Crippen LogP contribution < -0.4 is 10.2 Å². The van der Waals surface area contributed by atoms with E-state index in [0.717, 1.165) is 46.6 Å². The molecule has 0 aliphatic rings. The molecule has 0 aliphatic heterocycles. The molecule has 8 nitrogen and oxygen atoms in total. The molecular formula is C28H33N7OS. The maximum Gasteiger partial charge on any atom is 0.274 e. The van der Waals surface area contributed by atoms with Gasteiger partial charge in [-0.15, -0.1) is 10.2 Å². The van der Waals surface area contributed by atoms with Crippen molar-refractivity contribution in [2.24, 2.45) is 0 Å². The van der Waals surface area contributed by atoms with E-state index in [-0.39, 0.29) is 11.8 Å². The van der Waals surface area contributed by atoms with Crippen molar-refractivity contribution in [3.8, 4) is 22.0 Å². The molecule has 0 saturated heterocycles. The highest BCUT2D eigenvalue weighted by molar-refractivity contribution is 7.14. The van der Waals surface area contributed by atoms with Crippen molar-refractivity contribution in [1.29, 1.82) is 0 Å². The van der Waals surface area contributed by atoms with Crippen molar-refractivity contribution in [2.45, 2.75) is 26.7 Å². The topological polar surface area (TPSA) is 87.1 Å². The van der Waals surface area contributed by atoms with E-state index in [2.05, 4.69) is 51.1 Å². The lowest BCUT2D eigenvalue weighted by atomic mass is 10.1. The van der Waals surface area contributed by atoms with Gasteiger partial charge in [-0.05, 0) is 33.2 Å². The Morgan fingerprint density at radius 1 is 0.973 bits per heavy atom. The second kappa shape index (κ2) is 12.0. The maximum absolute atomic E-state index is 13.6. The van der Waals surface area contributed by atoms with Crippen LogP contribution in [-0.2, 0) is 0 Å². The summed E-state index contributed by atoms with van der Waals surface area (Å²) in [6.07, 6.45) is 0. The molecule has 2 heterocycles. The number of benzene rings is 2. The van der Waals surface area contributed by atoms with Gasteiger partial charge in [0.25, 0.3) is 5.91 Å². The summed E-state index contributed by atoms with van der Waals surface area (Å²) in [5, 5.41) is 13.5. The Morgan fingerprint density at radius 3 is 2.38 bits per heavy atom. The van der Waals surface area contributed by atoms with Gasteiger partial charge in [0, 0.05) is 42.7 Å². The van der Waals surface area contributed by atoms with Gasteiger partial charge in [-0.2, -0.15) is 0 Å². The molecule has 0 bridgehead atoms. The van der Waals surface area contributed by atoms with Crippen LogP contribution in [0.25, 0.3) is 22.0 Å². The molecule has 2 aromatic heterocycles. The van der Waals surface area contributed by atoms with E-state index in [0.29, 0.717) is 17.2 Å². The number of anilines is 2. The Kier molecular flexibility index (Phi) is 8.58. The fourth-order valence-corrected chi connectivity index (χ4v) is 4.61. The van der Waals surface area contributed by atoms with E-state index in [1.165, 1.54) is 11.3 Å². The monoisotopic (exact) mass is 515 g/mol. The van der Waals surface area contributed by atoms with Crippen molar-refractivity contribution < 1.29 is 4.79 Å². The van der Waals surface area contributed by atoms with Crippen molar-refractivity contribution in [1.82, 2.24) is 25.1 Å². The summed E-state index contributed by atoms with van der Waals surface area (Å²) >= 11 is 1.54. The molecule has 4 rings (SSSR count). The van der Waals surface area contributed by atoms with Crippen LogP contribution in [0.1, 0.15) is 42.2 Å². The molecule has 0 saturated carbocycles. The second-order valence-corrected chi connectivity index (χ2v) is 10.3. The average Bonchev–Trinajstić information content (AvgIpc) is 3.40. The van der Waals surface area contributed by atoms with Crippen LogP contribution in [0.5, 0.6) is 0 Å². The highest BCUT2D eigenvalue weighted by Gasteiger charge is 2.19. The number of carbonyl (C=O) groups is 1. The minimum Gasteiger partial charge on any atom is -0.355 e. The van der Waals surface area contributed by atoms with Gasteiger partial charge >= 0.3 is 0 Å². The Hall–Kier alpha value is -3.69. The van der Waals surface area contributed by atoms with Crippen LogP contribution in [-0.4, -0.2) is 64.7 Å². The van der Waals surface area contributed by atoms with Crippen molar-refractivity contribution >= 4 is 28.7 Å². The highest BCUT2D eigenvalue weighted by Crippen LogP contribution is 2.33. The molecule has 1 N–H and O–H groups in total. The Labute approximate surface area is 222 Å². The molecule has 0 aliphatic carbocycles. The van der Waals surface area contributed by atoms with Gasteiger partial charge in [0.15, 0.2) is 5.82 Å². The third kappa shape index (κ3) is 6.55. The molecule has 0 unspecified atom stereocenters. The van der Waals surface area contributed by atoms with Gasteiger partial charge in [-0.3, -0.25) is 4.79 Å². The van der Waals surface area contributed by atoms with Crippen LogP contribution in [0, 0.1) is 0 Å². The number of amides is 1. The summed E-state index contributed by atoms with van der Waals surface area (Å²) in [6.45, 7) is 8.68. The number of hydrogen-bond acceptors (Lipinski definition) is 8. The predicted octanol–water partition coefficient (Wildman–Crippen LogP) is 5.43. The first kappa shape index (κ1) is 26.4. The third-order valence-corrected chi connectivity index (χ3v) is 7.10. The highest BCUT2D eigenvalue weighted by atomic mass is 32.1. The first-order chi connectivity index (χ1) is 17.9. The normalized spacial score (nSPS) is 11.2. The van der Waals surface area contributed by atoms with Crippen LogP contribution >= 0.6 is 11.3 Å². The number of para-hydroxylation sites is 1. The van der Waals surface area contributed by atoms with Crippen molar-refractivity contribution in [3.63, 3.8) is 0 Å². The molecule has 4 aromatic rings. The van der Waals surface area contributed by atoms with Crippen LogP contribution in [0.2, 0.25) is 0 Å². The quantitative estimate of drug-likeness (QED) is 0.301. The van der Waals surface area contributed by atoms with Gasteiger partial charge in [-0.1, -0.05) is 67.6 Å². The molecule has 9 heteroatoms. The lowest BCUT2D eigenvalue weighted by Crippen LogP contribution is -2.32. The molecule has 0 radical (unpaired) electrons. The predicted molar refractivity (Wildman–Crippen MR) is 151 cm³/mol. The Morgan fingerprint density at radius 2 is 1.70 bits per heavy atom. The number of carbonyl (C=O) groups excluding carboxylic acids is 1. The van der Waals surface area contributed by atoms with E-state index in [9.17, 15) is 4.79 Å². The van der Waals surface area contributed by atoms with E-state index in [1.807, 2.05) is 68.7 Å². The standard InChI is InChI=1S/C28H33N7OS/c1-6-35(17-16-34(4)5)24-18-23(29-25(31-24)20-12-8-7-9-13-20)26(36)30-22-15-11-10-14-21(22)28-33-32-27(37-28)19(2)3/h7-15,18-19H,6,16-17H2,1-5H3,(H,30,36). The van der Waals surface area contributed by atoms with Crippen LogP contribution in [0.4, 0.5) is 11.5 Å². The largest absolute Gasteiger partial charge is 0.355 e. The summed E-state index contributed by atoms with van der Waals surface area (Å²) < 4.78 is 0. The van der Waals surface area contributed by atoms with Gasteiger partial charge in [0.05, 0.1) is 5.69 Å². The molecular weight excluding hydrogens is 482 g/mol. The molecule has 2 aromatic carbocycles. The van der Waals surface area contributed by atoms with Gasteiger partial charge in [-0.25, -0.2) is 9.97 Å². The minimum atomic E-state index is -0.300. The zero-order chi connectivity index (χ0) is 26.4. The zero-order valence-electron chi connectivity index (χ0n) is 22.0. The van der Waals surface area contributed by atoms with Gasteiger partial charge in [0.1, 0.15) is 21.5 Å². The molecule has 0 atom stereocenters. The molecule has 0 spiro atoms. The summed E-state index contributed by atoms with van der Waals surface area (Å²) in [7, 11) is 4.09. The molecule has 0 fully saturated rings. The maximum atomic E-state index is 13.6. The summed E-state index contributed by atoms with van der Waals surface area (Å²) in [5.41, 5.74) is 2.67. The molecule has 37 heavy (non-hydrogen) atoms.